The number of ether oxygens (including phenoxy) is 2. The van der Waals surface area contributed by atoms with Gasteiger partial charge in [0.2, 0.25) is 0 Å². The van der Waals surface area contributed by atoms with Crippen LogP contribution in [0.25, 0.3) is 22.3 Å². The molecule has 4 rings (SSSR count). The van der Waals surface area contributed by atoms with Crippen LogP contribution >= 0.6 is 12.4 Å². The van der Waals surface area contributed by atoms with Crippen LogP contribution in [0.15, 0.2) is 88.1 Å². The SMILES string of the molecule is CNC(=O)Oc1cccc(CN(C)CCCOc2ccc3c(=O)cc(-c4ccccc4)oc3c2)c1.Cl. The van der Waals surface area contributed by atoms with Gasteiger partial charge < -0.3 is 24.1 Å². The van der Waals surface area contributed by atoms with Crippen molar-refractivity contribution in [3.63, 3.8) is 0 Å². The molecule has 0 fully saturated rings. The molecule has 0 aliphatic heterocycles. The van der Waals surface area contributed by atoms with E-state index in [1.807, 2.05) is 55.6 Å². The van der Waals surface area contributed by atoms with Gasteiger partial charge >= 0.3 is 6.09 Å². The van der Waals surface area contributed by atoms with Gasteiger partial charge in [-0.3, -0.25) is 4.79 Å². The molecule has 0 radical (unpaired) electrons. The Labute approximate surface area is 216 Å². The van der Waals surface area contributed by atoms with Crippen molar-refractivity contribution in [3.05, 3.63) is 94.6 Å². The van der Waals surface area contributed by atoms with Crippen molar-refractivity contribution in [1.82, 2.24) is 10.2 Å². The number of carbonyl (C=O) groups excluding carboxylic acids is 1. The van der Waals surface area contributed by atoms with Crippen LogP contribution in [0.5, 0.6) is 11.5 Å². The molecule has 7 nitrogen and oxygen atoms in total. The van der Waals surface area contributed by atoms with Crippen LogP contribution < -0.4 is 20.2 Å². The van der Waals surface area contributed by atoms with E-state index in [0.717, 1.165) is 24.1 Å². The van der Waals surface area contributed by atoms with Gasteiger partial charge in [-0.1, -0.05) is 42.5 Å². The zero-order valence-electron chi connectivity index (χ0n) is 20.2. The van der Waals surface area contributed by atoms with Crippen molar-refractivity contribution in [2.45, 2.75) is 13.0 Å². The van der Waals surface area contributed by atoms with Gasteiger partial charge in [-0.2, -0.15) is 0 Å². The molecule has 0 bridgehead atoms. The first-order chi connectivity index (χ1) is 17.0. The van der Waals surface area contributed by atoms with Crippen LogP contribution in [0, 0.1) is 0 Å². The van der Waals surface area contributed by atoms with Crippen LogP contribution in [-0.4, -0.2) is 38.2 Å². The number of rotatable bonds is 9. The van der Waals surface area contributed by atoms with Gasteiger partial charge in [0, 0.05) is 37.8 Å². The molecule has 0 saturated heterocycles. The summed E-state index contributed by atoms with van der Waals surface area (Å²) < 4.78 is 17.1. The maximum atomic E-state index is 12.5. The molecule has 0 atom stereocenters. The number of fused-ring (bicyclic) bond motifs is 1. The zero-order valence-corrected chi connectivity index (χ0v) is 21.0. The molecule has 36 heavy (non-hydrogen) atoms. The average molecular weight is 509 g/mol. The molecule has 0 aliphatic rings. The van der Waals surface area contributed by atoms with Crippen LogP contribution in [0.1, 0.15) is 12.0 Å². The van der Waals surface area contributed by atoms with Crippen molar-refractivity contribution in [2.75, 3.05) is 27.2 Å². The third kappa shape index (κ3) is 7.10. The van der Waals surface area contributed by atoms with Gasteiger partial charge in [-0.05, 0) is 43.3 Å². The van der Waals surface area contributed by atoms with E-state index >= 15 is 0 Å². The maximum Gasteiger partial charge on any atom is 0.412 e. The van der Waals surface area contributed by atoms with Gasteiger partial charge in [0.05, 0.1) is 12.0 Å². The summed E-state index contributed by atoms with van der Waals surface area (Å²) in [4.78, 5) is 26.1. The minimum absolute atomic E-state index is 0. The van der Waals surface area contributed by atoms with E-state index in [0.29, 0.717) is 41.4 Å². The minimum atomic E-state index is -0.489. The maximum absolute atomic E-state index is 12.5. The fraction of sp³-hybridized carbons (Fsp3) is 0.214. The molecule has 188 valence electrons. The van der Waals surface area contributed by atoms with E-state index in [-0.39, 0.29) is 17.8 Å². The molecule has 1 amide bonds. The summed E-state index contributed by atoms with van der Waals surface area (Å²) in [5.74, 6) is 1.70. The number of hydrogen-bond acceptors (Lipinski definition) is 6. The lowest BCUT2D eigenvalue weighted by Crippen LogP contribution is -2.22. The Morgan fingerprint density at radius 2 is 1.78 bits per heavy atom. The third-order valence-electron chi connectivity index (χ3n) is 5.48. The summed E-state index contributed by atoms with van der Waals surface area (Å²) in [7, 11) is 3.56. The molecule has 1 N–H and O–H groups in total. The predicted octanol–water partition coefficient (Wildman–Crippen LogP) is 5.50. The summed E-state index contributed by atoms with van der Waals surface area (Å²) in [6.07, 6.45) is 0.327. The van der Waals surface area contributed by atoms with Gasteiger partial charge in [0.15, 0.2) is 5.43 Å². The topological polar surface area (TPSA) is 81.0 Å². The molecular formula is C28H29ClN2O5. The highest BCUT2D eigenvalue weighted by Crippen LogP contribution is 2.25. The largest absolute Gasteiger partial charge is 0.493 e. The highest BCUT2D eigenvalue weighted by molar-refractivity contribution is 5.85. The molecule has 0 aliphatic carbocycles. The Morgan fingerprint density at radius 3 is 2.56 bits per heavy atom. The zero-order chi connectivity index (χ0) is 24.6. The normalized spacial score (nSPS) is 10.6. The van der Waals surface area contributed by atoms with Gasteiger partial charge in [-0.25, -0.2) is 4.79 Å². The first-order valence-corrected chi connectivity index (χ1v) is 11.4. The second kappa shape index (κ2) is 12.8. The minimum Gasteiger partial charge on any atom is -0.493 e. The number of benzene rings is 3. The van der Waals surface area contributed by atoms with Gasteiger partial charge in [-0.15, -0.1) is 12.4 Å². The summed E-state index contributed by atoms with van der Waals surface area (Å²) in [5.41, 5.74) is 2.33. The summed E-state index contributed by atoms with van der Waals surface area (Å²) in [6.45, 7) is 2.06. The molecule has 3 aromatic carbocycles. The van der Waals surface area contributed by atoms with E-state index in [2.05, 4.69) is 10.2 Å². The molecular weight excluding hydrogens is 480 g/mol. The number of carbonyl (C=O) groups is 1. The van der Waals surface area contributed by atoms with Crippen molar-refractivity contribution in [3.8, 4) is 22.8 Å². The molecule has 0 spiro atoms. The number of nitrogens with one attached hydrogen (secondary N) is 1. The van der Waals surface area contributed by atoms with Crippen molar-refractivity contribution in [1.29, 1.82) is 0 Å². The van der Waals surface area contributed by atoms with Crippen molar-refractivity contribution >= 4 is 29.5 Å². The number of amides is 1. The molecule has 8 heteroatoms. The molecule has 1 heterocycles. The van der Waals surface area contributed by atoms with Crippen LogP contribution in [-0.2, 0) is 6.54 Å². The lowest BCUT2D eigenvalue weighted by molar-refractivity contribution is 0.203. The molecule has 4 aromatic rings. The Hall–Kier alpha value is -3.81. The van der Waals surface area contributed by atoms with E-state index in [1.54, 1.807) is 24.3 Å². The quantitative estimate of drug-likeness (QED) is 0.301. The molecule has 0 saturated carbocycles. The second-order valence-corrected chi connectivity index (χ2v) is 8.23. The number of nitrogens with zero attached hydrogens (tertiary/aromatic N) is 1. The molecule has 0 unspecified atom stereocenters. The van der Waals surface area contributed by atoms with E-state index in [4.69, 9.17) is 13.9 Å². The number of hydrogen-bond donors (Lipinski definition) is 1. The summed E-state index contributed by atoms with van der Waals surface area (Å²) in [6, 6.07) is 23.9. The fourth-order valence-electron chi connectivity index (χ4n) is 3.75. The standard InChI is InChI=1S/C28H28N2O5.ClH/c1-29-28(32)34-23-11-6-8-20(16-23)19-30(2)14-7-15-33-22-12-13-24-25(31)18-26(35-27(24)17-22)21-9-4-3-5-10-21;/h3-6,8-13,16-18H,7,14-15,19H2,1-2H3,(H,29,32);1H. The highest BCUT2D eigenvalue weighted by Gasteiger charge is 2.09. The summed E-state index contributed by atoms with van der Waals surface area (Å²) >= 11 is 0. The lowest BCUT2D eigenvalue weighted by atomic mass is 10.1. The van der Waals surface area contributed by atoms with Crippen LogP contribution in [0.3, 0.4) is 0 Å². The lowest BCUT2D eigenvalue weighted by Gasteiger charge is -2.17. The van der Waals surface area contributed by atoms with E-state index in [1.165, 1.54) is 13.1 Å². The monoisotopic (exact) mass is 508 g/mol. The van der Waals surface area contributed by atoms with Gasteiger partial charge in [0.25, 0.3) is 0 Å². The first kappa shape index (κ1) is 26.8. The van der Waals surface area contributed by atoms with E-state index < -0.39 is 6.09 Å². The first-order valence-electron chi connectivity index (χ1n) is 11.4. The summed E-state index contributed by atoms with van der Waals surface area (Å²) in [5, 5.41) is 2.96. The Morgan fingerprint density at radius 1 is 0.972 bits per heavy atom. The average Bonchev–Trinajstić information content (AvgIpc) is 2.87. The van der Waals surface area contributed by atoms with Crippen LogP contribution in [0.2, 0.25) is 0 Å². The van der Waals surface area contributed by atoms with E-state index in [9.17, 15) is 9.59 Å². The predicted molar refractivity (Wildman–Crippen MR) is 143 cm³/mol. The second-order valence-electron chi connectivity index (χ2n) is 8.23. The Bertz CT molecular complexity index is 1360. The Balaban J connectivity index is 0.00000361. The number of halogens is 1. The Kier molecular flexibility index (Phi) is 9.50. The van der Waals surface area contributed by atoms with Crippen molar-refractivity contribution in [2.24, 2.45) is 0 Å². The fourth-order valence-corrected chi connectivity index (χ4v) is 3.75. The molecule has 1 aromatic heterocycles. The van der Waals surface area contributed by atoms with Crippen molar-refractivity contribution < 1.29 is 18.7 Å². The van der Waals surface area contributed by atoms with Gasteiger partial charge in [0.1, 0.15) is 22.8 Å². The smallest absolute Gasteiger partial charge is 0.412 e. The third-order valence-corrected chi connectivity index (χ3v) is 5.48. The van der Waals surface area contributed by atoms with Crippen LogP contribution in [0.4, 0.5) is 4.79 Å². The highest BCUT2D eigenvalue weighted by atomic mass is 35.5.